The van der Waals surface area contributed by atoms with Crippen molar-refractivity contribution in [3.05, 3.63) is 35.9 Å². The van der Waals surface area contributed by atoms with Crippen molar-refractivity contribution in [2.24, 2.45) is 0 Å². The van der Waals surface area contributed by atoms with E-state index in [2.05, 4.69) is 36.5 Å². The molecule has 0 saturated heterocycles. The van der Waals surface area contributed by atoms with Crippen molar-refractivity contribution in [1.29, 1.82) is 5.26 Å². The summed E-state index contributed by atoms with van der Waals surface area (Å²) in [4.78, 5) is 4.62. The van der Waals surface area contributed by atoms with E-state index >= 15 is 0 Å². The predicted octanol–water partition coefficient (Wildman–Crippen LogP) is 4.44. The van der Waals surface area contributed by atoms with Crippen molar-refractivity contribution in [3.8, 4) is 6.07 Å². The molecule has 110 valence electrons. The summed E-state index contributed by atoms with van der Waals surface area (Å²) in [6, 6.07) is 11.9. The summed E-state index contributed by atoms with van der Waals surface area (Å²) in [5.41, 5.74) is 1.53. The molecule has 0 aliphatic rings. The van der Waals surface area contributed by atoms with Gasteiger partial charge in [0.05, 0.1) is 17.1 Å². The third kappa shape index (κ3) is 3.30. The van der Waals surface area contributed by atoms with E-state index in [-0.39, 0.29) is 4.75 Å². The lowest BCUT2D eigenvalue weighted by Gasteiger charge is -2.30. The summed E-state index contributed by atoms with van der Waals surface area (Å²) in [5, 5.41) is 13.6. The number of rotatable bonds is 6. The van der Waals surface area contributed by atoms with Gasteiger partial charge in [0.15, 0.2) is 0 Å². The number of pyridine rings is 1. The Labute approximate surface area is 130 Å². The molecule has 0 fully saturated rings. The topological polar surface area (TPSA) is 48.7 Å². The predicted molar refractivity (Wildman–Crippen MR) is 91.8 cm³/mol. The molecule has 1 N–H and O–H groups in total. The Morgan fingerprint density at radius 2 is 2.00 bits per heavy atom. The number of benzene rings is 1. The molecular weight excluding hydrogens is 278 g/mol. The van der Waals surface area contributed by atoms with Crippen molar-refractivity contribution in [1.82, 2.24) is 4.98 Å². The van der Waals surface area contributed by atoms with Crippen LogP contribution in [0, 0.1) is 11.3 Å². The van der Waals surface area contributed by atoms with Crippen LogP contribution in [0.15, 0.2) is 30.3 Å². The maximum Gasteiger partial charge on any atom is 0.128 e. The van der Waals surface area contributed by atoms with Crippen LogP contribution in [-0.2, 0) is 0 Å². The number of thioether (sulfide) groups is 1. The van der Waals surface area contributed by atoms with Crippen LogP contribution in [0.3, 0.4) is 0 Å². The SMILES string of the molecule is CCC(CC)(CNc1cc(C#N)c2ccccc2n1)SC. The van der Waals surface area contributed by atoms with Gasteiger partial charge in [0, 0.05) is 16.7 Å². The van der Waals surface area contributed by atoms with Crippen LogP contribution in [0.5, 0.6) is 0 Å². The standard InChI is InChI=1S/C17H21N3S/c1-4-17(5-2,21-3)12-19-16-10-13(11-18)14-8-6-7-9-15(14)20-16/h6-10H,4-5,12H2,1-3H3,(H,19,20). The highest BCUT2D eigenvalue weighted by atomic mass is 32.2. The fourth-order valence-electron chi connectivity index (χ4n) is 2.47. The number of nitrogens with one attached hydrogen (secondary N) is 1. The van der Waals surface area contributed by atoms with Crippen molar-refractivity contribution in [2.45, 2.75) is 31.4 Å². The number of fused-ring (bicyclic) bond motifs is 1. The monoisotopic (exact) mass is 299 g/mol. The molecule has 0 saturated carbocycles. The summed E-state index contributed by atoms with van der Waals surface area (Å²) < 4.78 is 0.222. The first-order valence-electron chi connectivity index (χ1n) is 7.27. The van der Waals surface area contributed by atoms with E-state index in [1.165, 1.54) is 0 Å². The summed E-state index contributed by atoms with van der Waals surface area (Å²) in [6.45, 7) is 5.30. The van der Waals surface area contributed by atoms with Gasteiger partial charge in [0.1, 0.15) is 5.82 Å². The van der Waals surface area contributed by atoms with Crippen molar-refractivity contribution >= 4 is 28.5 Å². The first-order chi connectivity index (χ1) is 10.2. The zero-order chi connectivity index (χ0) is 15.3. The molecule has 1 aromatic heterocycles. The van der Waals surface area contributed by atoms with Crippen LogP contribution in [-0.4, -0.2) is 22.5 Å². The Balaban J connectivity index is 2.29. The average molecular weight is 299 g/mol. The van der Waals surface area contributed by atoms with E-state index in [9.17, 15) is 5.26 Å². The first kappa shape index (κ1) is 15.7. The number of nitrogens with zero attached hydrogens (tertiary/aromatic N) is 2. The molecule has 4 heteroatoms. The van der Waals surface area contributed by atoms with Gasteiger partial charge in [-0.05, 0) is 31.2 Å². The maximum absolute atomic E-state index is 9.32. The first-order valence-corrected chi connectivity index (χ1v) is 8.49. The second kappa shape index (κ2) is 6.82. The van der Waals surface area contributed by atoms with Crippen LogP contribution in [0.25, 0.3) is 10.9 Å². The van der Waals surface area contributed by atoms with Gasteiger partial charge >= 0.3 is 0 Å². The zero-order valence-electron chi connectivity index (χ0n) is 12.8. The third-order valence-electron chi connectivity index (χ3n) is 4.15. The molecule has 0 aliphatic carbocycles. The van der Waals surface area contributed by atoms with Gasteiger partial charge in [-0.3, -0.25) is 0 Å². The van der Waals surface area contributed by atoms with Crippen LogP contribution in [0.1, 0.15) is 32.3 Å². The zero-order valence-corrected chi connectivity index (χ0v) is 13.6. The molecule has 0 unspecified atom stereocenters. The van der Waals surface area contributed by atoms with E-state index in [4.69, 9.17) is 0 Å². The summed E-state index contributed by atoms with van der Waals surface area (Å²) >= 11 is 1.89. The largest absolute Gasteiger partial charge is 0.369 e. The molecule has 0 atom stereocenters. The molecule has 3 nitrogen and oxygen atoms in total. The molecule has 2 aromatic rings. The van der Waals surface area contributed by atoms with Crippen LogP contribution >= 0.6 is 11.8 Å². The van der Waals surface area contributed by atoms with Crippen LogP contribution < -0.4 is 5.32 Å². The van der Waals surface area contributed by atoms with Gasteiger partial charge in [0.25, 0.3) is 0 Å². The lowest BCUT2D eigenvalue weighted by molar-refractivity contribution is 0.574. The lowest BCUT2D eigenvalue weighted by Crippen LogP contribution is -2.32. The number of hydrogen-bond donors (Lipinski definition) is 1. The summed E-state index contributed by atoms with van der Waals surface area (Å²) in [6.07, 6.45) is 4.37. The molecule has 1 heterocycles. The van der Waals surface area contributed by atoms with Crippen molar-refractivity contribution in [2.75, 3.05) is 18.1 Å². The highest BCUT2D eigenvalue weighted by molar-refractivity contribution is 8.00. The van der Waals surface area contributed by atoms with Gasteiger partial charge in [-0.2, -0.15) is 17.0 Å². The smallest absolute Gasteiger partial charge is 0.128 e. The van der Waals surface area contributed by atoms with E-state index in [1.807, 2.05) is 42.1 Å². The Bertz CT molecular complexity index is 648. The van der Waals surface area contributed by atoms with E-state index in [1.54, 1.807) is 0 Å². The second-order valence-corrected chi connectivity index (χ2v) is 6.41. The van der Waals surface area contributed by atoms with Gasteiger partial charge in [-0.15, -0.1) is 0 Å². The lowest BCUT2D eigenvalue weighted by atomic mass is 10.0. The highest BCUT2D eigenvalue weighted by Crippen LogP contribution is 2.31. The van der Waals surface area contributed by atoms with Gasteiger partial charge < -0.3 is 5.32 Å². The van der Waals surface area contributed by atoms with Crippen LogP contribution in [0.2, 0.25) is 0 Å². The van der Waals surface area contributed by atoms with E-state index in [0.29, 0.717) is 5.56 Å². The molecule has 0 amide bonds. The Kier molecular flexibility index (Phi) is 5.08. The van der Waals surface area contributed by atoms with Crippen molar-refractivity contribution in [3.63, 3.8) is 0 Å². The Morgan fingerprint density at radius 3 is 2.62 bits per heavy atom. The molecule has 0 spiro atoms. The van der Waals surface area contributed by atoms with Gasteiger partial charge in [-0.25, -0.2) is 4.98 Å². The number of aromatic nitrogens is 1. The van der Waals surface area contributed by atoms with Gasteiger partial charge in [0.2, 0.25) is 0 Å². The maximum atomic E-state index is 9.32. The fourth-order valence-corrected chi connectivity index (χ4v) is 3.26. The Morgan fingerprint density at radius 1 is 1.29 bits per heavy atom. The van der Waals surface area contributed by atoms with Crippen molar-refractivity contribution < 1.29 is 0 Å². The quantitative estimate of drug-likeness (QED) is 0.856. The number of para-hydroxylation sites is 1. The number of hydrogen-bond acceptors (Lipinski definition) is 4. The average Bonchev–Trinajstić information content (AvgIpc) is 2.56. The second-order valence-electron chi connectivity index (χ2n) is 5.13. The van der Waals surface area contributed by atoms with Gasteiger partial charge in [-0.1, -0.05) is 32.0 Å². The summed E-state index contributed by atoms with van der Waals surface area (Å²) in [7, 11) is 0. The number of anilines is 1. The van der Waals surface area contributed by atoms with Crippen LogP contribution in [0.4, 0.5) is 5.82 Å². The molecular formula is C17H21N3S. The fraction of sp³-hybridized carbons (Fsp3) is 0.412. The molecule has 0 radical (unpaired) electrons. The minimum absolute atomic E-state index is 0.222. The highest BCUT2D eigenvalue weighted by Gasteiger charge is 2.24. The molecule has 2 rings (SSSR count). The molecule has 0 bridgehead atoms. The van der Waals surface area contributed by atoms with E-state index in [0.717, 1.165) is 36.1 Å². The summed E-state index contributed by atoms with van der Waals surface area (Å²) in [5.74, 6) is 0.783. The minimum atomic E-state index is 0.222. The Hall–Kier alpha value is -1.73. The number of nitriles is 1. The molecule has 0 aliphatic heterocycles. The molecule has 21 heavy (non-hydrogen) atoms. The third-order valence-corrected chi connectivity index (χ3v) is 5.74. The normalized spacial score (nSPS) is 11.3. The van der Waals surface area contributed by atoms with E-state index < -0.39 is 0 Å². The molecule has 1 aromatic carbocycles. The minimum Gasteiger partial charge on any atom is -0.369 e.